The van der Waals surface area contributed by atoms with Gasteiger partial charge in [-0.2, -0.15) is 0 Å². The minimum Gasteiger partial charge on any atom is -0.438 e. The molecule has 0 radical (unpaired) electrons. The van der Waals surface area contributed by atoms with Crippen molar-refractivity contribution in [2.45, 2.75) is 55.6 Å². The number of ether oxygens (including phenoxy) is 3. The van der Waals surface area contributed by atoms with E-state index in [4.69, 9.17) is 49.3 Å². The van der Waals surface area contributed by atoms with E-state index in [0.717, 1.165) is 6.33 Å². The van der Waals surface area contributed by atoms with Crippen molar-refractivity contribution in [3.05, 3.63) is 35.8 Å². The van der Waals surface area contributed by atoms with Gasteiger partial charge in [-0.05, 0) is 12.0 Å². The van der Waals surface area contributed by atoms with Gasteiger partial charge in [0.15, 0.2) is 47.7 Å². The Morgan fingerprint density at radius 3 is 2.09 bits per heavy atom. The third kappa shape index (κ3) is 7.73. The maximum absolute atomic E-state index is 16.2. The average molecular weight is 819 g/mol. The first-order chi connectivity index (χ1) is 25.4. The molecule has 1 unspecified atom stereocenters. The molecule has 0 aromatic carbocycles. The van der Waals surface area contributed by atoms with Crippen LogP contribution in [0.25, 0.3) is 32.8 Å². The topological polar surface area (TPSA) is 316 Å². The molecule has 3 fully saturated rings. The van der Waals surface area contributed by atoms with E-state index in [0.29, 0.717) is 0 Å². The number of aromatic nitrogens is 8. The number of rotatable bonds is 7. The van der Waals surface area contributed by atoms with E-state index in [-0.39, 0.29) is 53.5 Å². The van der Waals surface area contributed by atoms with E-state index in [9.17, 15) is 13.9 Å². The van der Waals surface area contributed by atoms with Gasteiger partial charge in [0.1, 0.15) is 48.1 Å². The molecule has 3 aliphatic rings. The highest BCUT2D eigenvalue weighted by atomic mass is 32.7. The van der Waals surface area contributed by atoms with Crippen molar-refractivity contribution in [3.8, 4) is 0 Å². The maximum atomic E-state index is 16.2. The number of amides is 1. The Balaban J connectivity index is 1.18. The van der Waals surface area contributed by atoms with Crippen LogP contribution in [0.1, 0.15) is 18.9 Å². The minimum absolute atomic E-state index is 0.0355. The number of nitrogen functional groups attached to an aromatic ring is 2. The summed E-state index contributed by atoms with van der Waals surface area (Å²) >= 11 is 8.22. The minimum atomic E-state index is -4.48. The van der Waals surface area contributed by atoms with Gasteiger partial charge in [0.2, 0.25) is 0 Å². The van der Waals surface area contributed by atoms with Gasteiger partial charge in [0.25, 0.3) is 0 Å². The third-order valence-electron chi connectivity index (χ3n) is 8.20. The molecule has 284 valence electrons. The summed E-state index contributed by atoms with van der Waals surface area (Å²) in [5.41, 5.74) is 21.0. The van der Waals surface area contributed by atoms with Crippen molar-refractivity contribution in [1.82, 2.24) is 44.4 Å². The van der Waals surface area contributed by atoms with E-state index in [1.54, 1.807) is 0 Å². The number of nitrogens with one attached hydrogen (secondary N) is 1. The van der Waals surface area contributed by atoms with E-state index < -0.39 is 82.0 Å². The Bertz CT molecular complexity index is 2160. The number of fused-ring (bicyclic) bond motifs is 4. The highest BCUT2D eigenvalue weighted by Gasteiger charge is 2.55. The highest BCUT2D eigenvalue weighted by Crippen LogP contribution is 2.60. The van der Waals surface area contributed by atoms with Crippen LogP contribution >= 0.6 is 38.1 Å². The standard InChI is InChI=1S/C24H29FN14O10P2S2/c25-12-15-10(45-22(12)38-8-34-13-18(26)30-6-32-20(13)38)4-43-51(42,53)49-16-11(5-44-50(41,52)48-15)46-23(17(16)47-24(40)29-2-1-3-36-37-28)39-9-35-14-19(27)31-7-33-21(14)39/h6-12,15-17,22-23H,1-5H2,(H,29,40)(H,41,52)(H,42,53)(H2,26,30,32)(H2,27,31,33)/t10-,11-,12-,15-,16-,17-,22-,23-,50-,51?/m1/s1. The molecule has 0 saturated carbocycles. The van der Waals surface area contributed by atoms with E-state index in [1.165, 1.54) is 28.1 Å². The van der Waals surface area contributed by atoms with Gasteiger partial charge in [-0.25, -0.2) is 48.2 Å². The van der Waals surface area contributed by atoms with Crippen LogP contribution in [0.5, 0.6) is 0 Å². The van der Waals surface area contributed by atoms with Crippen LogP contribution < -0.4 is 16.8 Å². The molecule has 29 heteroatoms. The number of alkyl halides is 1. The fraction of sp³-hybridized carbons (Fsp3) is 0.542. The first-order valence-electron chi connectivity index (χ1n) is 15.4. The summed E-state index contributed by atoms with van der Waals surface area (Å²) in [5, 5.41) is 5.92. The van der Waals surface area contributed by atoms with Crippen molar-refractivity contribution in [3.63, 3.8) is 0 Å². The number of nitrogens with zero attached hydrogens (tertiary/aromatic N) is 11. The quantitative estimate of drug-likeness (QED) is 0.0447. The summed E-state index contributed by atoms with van der Waals surface area (Å²) in [6.45, 7) is -10.1. The second-order valence-corrected chi connectivity index (χ2v) is 17.3. The number of hydrogen-bond acceptors (Lipinski definition) is 19. The van der Waals surface area contributed by atoms with Crippen molar-refractivity contribution >= 4 is 78.1 Å². The average Bonchev–Trinajstić information content (AvgIpc) is 3.88. The molecule has 3 saturated heterocycles. The molecular formula is C24H29FN14O10P2S2. The lowest BCUT2D eigenvalue weighted by molar-refractivity contribution is -0.0560. The van der Waals surface area contributed by atoms with Gasteiger partial charge in [0.05, 0.1) is 25.9 Å². The monoisotopic (exact) mass is 818 g/mol. The van der Waals surface area contributed by atoms with E-state index >= 15 is 4.39 Å². The van der Waals surface area contributed by atoms with E-state index in [2.05, 4.69) is 69.7 Å². The number of carbonyl (C=O) groups excluding carboxylic acids is 1. The lowest BCUT2D eigenvalue weighted by atomic mass is 10.1. The predicted octanol–water partition coefficient (Wildman–Crippen LogP) is 2.65. The zero-order chi connectivity index (χ0) is 37.5. The zero-order valence-electron chi connectivity index (χ0n) is 26.8. The Hall–Kier alpha value is -3.87. The number of nitrogens with two attached hydrogens (primary N) is 2. The fourth-order valence-electron chi connectivity index (χ4n) is 5.86. The van der Waals surface area contributed by atoms with Crippen molar-refractivity contribution in [1.29, 1.82) is 0 Å². The van der Waals surface area contributed by atoms with Crippen molar-refractivity contribution < 1.29 is 50.6 Å². The molecule has 3 aliphatic heterocycles. The van der Waals surface area contributed by atoms with Crippen molar-refractivity contribution in [2.24, 2.45) is 5.11 Å². The normalized spacial score (nSPS) is 33.3. The van der Waals surface area contributed by atoms with Crippen LogP contribution in [-0.4, -0.2) is 108 Å². The summed E-state index contributed by atoms with van der Waals surface area (Å²) in [7, 11) is 0. The summed E-state index contributed by atoms with van der Waals surface area (Å²) in [4.78, 5) is 40.1. The van der Waals surface area contributed by atoms with Gasteiger partial charge < -0.3 is 31.0 Å². The number of imidazole rings is 2. The van der Waals surface area contributed by atoms with Crippen LogP contribution in [0.15, 0.2) is 30.4 Å². The highest BCUT2D eigenvalue weighted by molar-refractivity contribution is 8.44. The summed E-state index contributed by atoms with van der Waals surface area (Å²) < 4.78 is 86.8. The number of hydrogen-bond donors (Lipinski definition) is 5. The van der Waals surface area contributed by atoms with Gasteiger partial charge in [-0.15, -0.1) is 0 Å². The Morgan fingerprint density at radius 1 is 0.943 bits per heavy atom. The number of azide groups is 1. The molecule has 24 nitrogen and oxygen atoms in total. The molecule has 53 heavy (non-hydrogen) atoms. The molecule has 5 N–H and O–H groups in total. The molecule has 0 bridgehead atoms. The smallest absolute Gasteiger partial charge is 0.407 e. The second-order valence-electron chi connectivity index (χ2n) is 11.5. The first-order valence-corrected chi connectivity index (χ1v) is 20.8. The van der Waals surface area contributed by atoms with E-state index in [1.807, 2.05) is 0 Å². The van der Waals surface area contributed by atoms with Gasteiger partial charge >= 0.3 is 19.7 Å². The van der Waals surface area contributed by atoms with Crippen LogP contribution in [-0.2, 0) is 41.4 Å². The molecule has 4 aromatic heterocycles. The Kier molecular flexibility index (Phi) is 10.7. The zero-order valence-corrected chi connectivity index (χ0v) is 30.4. The number of anilines is 2. The lowest BCUT2D eigenvalue weighted by Gasteiger charge is -2.29. The van der Waals surface area contributed by atoms with Crippen LogP contribution in [0.3, 0.4) is 0 Å². The van der Waals surface area contributed by atoms with Gasteiger partial charge in [-0.3, -0.25) is 27.2 Å². The second kappa shape index (κ2) is 15.1. The number of thiol groups is 2. The van der Waals surface area contributed by atoms with Gasteiger partial charge in [0, 0.05) is 18.0 Å². The summed E-state index contributed by atoms with van der Waals surface area (Å²) in [5.74, 6) is 0.0719. The fourth-order valence-corrected chi connectivity index (χ4v) is 8.83. The van der Waals surface area contributed by atoms with Crippen LogP contribution in [0, 0.1) is 0 Å². The molecule has 10 atom stereocenters. The largest absolute Gasteiger partial charge is 0.438 e. The molecule has 7 heterocycles. The molecule has 0 spiro atoms. The lowest BCUT2D eigenvalue weighted by Crippen LogP contribution is -2.41. The van der Waals surface area contributed by atoms with Crippen LogP contribution in [0.4, 0.5) is 20.8 Å². The number of alkyl carbamates (subject to hydrolysis) is 1. The summed E-state index contributed by atoms with van der Waals surface area (Å²) in [6.07, 6.45) is -8.10. The van der Waals surface area contributed by atoms with Crippen LogP contribution in [0.2, 0.25) is 0 Å². The Morgan fingerprint density at radius 2 is 1.49 bits per heavy atom. The van der Waals surface area contributed by atoms with Crippen molar-refractivity contribution in [2.75, 3.05) is 37.8 Å². The molecule has 7 rings (SSSR count). The molecule has 0 aliphatic carbocycles. The molecular weight excluding hydrogens is 789 g/mol. The molecule has 4 aromatic rings. The number of carbonyl (C=O) groups is 1. The SMILES string of the molecule is [N-]=[N+]=NCCCNC(=O)O[C@@H]1[C@@H]2OP(=O)(S)OC[C@H]3O[C@@H](n4cnc5c(N)ncnc54)[C@H](F)[C@@H]3O[P@](=O)(S)OC[C@H]2O[C@H]1n1cnc2c(N)ncnc21. The Labute approximate surface area is 306 Å². The maximum Gasteiger partial charge on any atom is 0.407 e. The number of halogens is 1. The predicted molar refractivity (Wildman–Crippen MR) is 184 cm³/mol. The first kappa shape index (κ1) is 37.4. The van der Waals surface area contributed by atoms with Gasteiger partial charge in [-0.1, -0.05) is 29.6 Å². The summed E-state index contributed by atoms with van der Waals surface area (Å²) in [6, 6.07) is 0. The third-order valence-corrected chi connectivity index (χ3v) is 11.4. The molecule has 1 amide bonds.